The molecule has 2 saturated heterocycles. The molecular formula is C26H28N4O4S. The summed E-state index contributed by atoms with van der Waals surface area (Å²) in [5.41, 5.74) is 2.12. The van der Waals surface area contributed by atoms with Crippen molar-refractivity contribution in [2.45, 2.75) is 32.0 Å². The fourth-order valence-electron chi connectivity index (χ4n) is 5.18. The summed E-state index contributed by atoms with van der Waals surface area (Å²) in [5.74, 6) is -1.12. The number of aromatic nitrogens is 1. The second kappa shape index (κ2) is 10.2. The van der Waals surface area contributed by atoms with Crippen molar-refractivity contribution < 1.29 is 19.5 Å². The van der Waals surface area contributed by atoms with Gasteiger partial charge in [-0.15, -0.1) is 11.3 Å². The van der Waals surface area contributed by atoms with Crippen LogP contribution in [0.15, 0.2) is 41.8 Å². The molecule has 2 aromatic heterocycles. The number of piperazine rings is 1. The second-order valence-electron chi connectivity index (χ2n) is 9.06. The number of hydrogen-bond donors (Lipinski definition) is 1. The van der Waals surface area contributed by atoms with Gasteiger partial charge in [-0.25, -0.2) is 9.78 Å². The van der Waals surface area contributed by atoms with Crippen molar-refractivity contribution in [3.63, 3.8) is 0 Å². The second-order valence-corrected chi connectivity index (χ2v) is 10.0. The molecule has 2 fully saturated rings. The SMILES string of the molecule is O=CC(N1CCCCC1)N1CCN(Cc2c(-c3cccs3)nc3ccccc3c2C(=O)O)CC1=O. The number of likely N-dealkylation sites (tertiary alicyclic amines) is 1. The molecule has 4 heterocycles. The molecule has 1 unspecified atom stereocenters. The van der Waals surface area contributed by atoms with Gasteiger partial charge < -0.3 is 10.0 Å². The van der Waals surface area contributed by atoms with Crippen LogP contribution in [-0.4, -0.2) is 81.8 Å². The summed E-state index contributed by atoms with van der Waals surface area (Å²) in [6.45, 7) is 3.06. The van der Waals surface area contributed by atoms with E-state index in [4.69, 9.17) is 4.98 Å². The third-order valence-corrected chi connectivity index (χ3v) is 7.76. The number of carboxylic acids is 1. The Morgan fingerprint density at radius 2 is 1.89 bits per heavy atom. The number of rotatable bonds is 7. The minimum atomic E-state index is -1.01. The number of thiophene rings is 1. The first-order chi connectivity index (χ1) is 17.1. The highest BCUT2D eigenvalue weighted by atomic mass is 32.1. The summed E-state index contributed by atoms with van der Waals surface area (Å²) >= 11 is 1.51. The molecule has 3 aromatic rings. The molecular weight excluding hydrogens is 464 g/mol. The van der Waals surface area contributed by atoms with Crippen molar-refractivity contribution in [1.29, 1.82) is 0 Å². The van der Waals surface area contributed by atoms with Crippen LogP contribution in [0.3, 0.4) is 0 Å². The van der Waals surface area contributed by atoms with Gasteiger partial charge in [0.1, 0.15) is 6.17 Å². The molecule has 1 amide bonds. The Kier molecular flexibility index (Phi) is 6.90. The third-order valence-electron chi connectivity index (χ3n) is 6.89. The molecule has 182 valence electrons. The molecule has 2 aliphatic heterocycles. The van der Waals surface area contributed by atoms with E-state index in [9.17, 15) is 19.5 Å². The van der Waals surface area contributed by atoms with Crippen molar-refractivity contribution in [2.75, 3.05) is 32.7 Å². The van der Waals surface area contributed by atoms with E-state index in [2.05, 4.69) is 4.90 Å². The molecule has 2 aliphatic rings. The first kappa shape index (κ1) is 23.6. The number of pyridine rings is 1. The van der Waals surface area contributed by atoms with Crippen LogP contribution in [-0.2, 0) is 16.1 Å². The number of fused-ring (bicyclic) bond motifs is 1. The van der Waals surface area contributed by atoms with Gasteiger partial charge in [0.05, 0.1) is 28.2 Å². The van der Waals surface area contributed by atoms with E-state index in [1.54, 1.807) is 11.0 Å². The quantitative estimate of drug-likeness (QED) is 0.506. The average molecular weight is 493 g/mol. The van der Waals surface area contributed by atoms with E-state index in [-0.39, 0.29) is 18.0 Å². The topological polar surface area (TPSA) is 94.1 Å². The van der Waals surface area contributed by atoms with E-state index in [0.717, 1.165) is 43.5 Å². The summed E-state index contributed by atoms with van der Waals surface area (Å²) < 4.78 is 0. The highest BCUT2D eigenvalue weighted by molar-refractivity contribution is 7.13. The van der Waals surface area contributed by atoms with E-state index in [0.29, 0.717) is 41.8 Å². The van der Waals surface area contributed by atoms with Crippen LogP contribution in [0.4, 0.5) is 0 Å². The molecule has 0 spiro atoms. The number of piperidine rings is 1. The van der Waals surface area contributed by atoms with Crippen LogP contribution in [0.5, 0.6) is 0 Å². The zero-order valence-electron chi connectivity index (χ0n) is 19.4. The zero-order chi connectivity index (χ0) is 24.4. The highest BCUT2D eigenvalue weighted by Gasteiger charge is 2.34. The van der Waals surface area contributed by atoms with Gasteiger partial charge in [-0.05, 0) is 30.4 Å². The summed E-state index contributed by atoms with van der Waals surface area (Å²) in [6, 6.07) is 11.1. The smallest absolute Gasteiger partial charge is 0.336 e. The van der Waals surface area contributed by atoms with E-state index >= 15 is 0 Å². The Balaban J connectivity index is 1.44. The van der Waals surface area contributed by atoms with Gasteiger partial charge in [0.25, 0.3) is 0 Å². The van der Waals surface area contributed by atoms with Crippen molar-refractivity contribution >= 4 is 40.4 Å². The number of carbonyl (C=O) groups is 3. The van der Waals surface area contributed by atoms with Gasteiger partial charge in [0, 0.05) is 43.7 Å². The minimum absolute atomic E-state index is 0.109. The van der Waals surface area contributed by atoms with Gasteiger partial charge >= 0.3 is 5.97 Å². The maximum Gasteiger partial charge on any atom is 0.336 e. The van der Waals surface area contributed by atoms with Crippen molar-refractivity contribution in [1.82, 2.24) is 19.7 Å². The van der Waals surface area contributed by atoms with Gasteiger partial charge in [0.2, 0.25) is 5.91 Å². The number of nitrogens with zero attached hydrogens (tertiary/aromatic N) is 4. The lowest BCUT2D eigenvalue weighted by Crippen LogP contribution is -2.60. The van der Waals surface area contributed by atoms with Gasteiger partial charge in [0.15, 0.2) is 6.29 Å². The summed E-state index contributed by atoms with van der Waals surface area (Å²) in [7, 11) is 0. The number of amides is 1. The Bertz CT molecular complexity index is 1240. The largest absolute Gasteiger partial charge is 0.478 e. The van der Waals surface area contributed by atoms with Crippen LogP contribution >= 0.6 is 11.3 Å². The van der Waals surface area contributed by atoms with Crippen molar-refractivity contribution in [3.05, 3.63) is 52.9 Å². The Morgan fingerprint density at radius 3 is 2.57 bits per heavy atom. The molecule has 8 nitrogen and oxygen atoms in total. The van der Waals surface area contributed by atoms with Crippen molar-refractivity contribution in [2.24, 2.45) is 0 Å². The minimum Gasteiger partial charge on any atom is -0.478 e. The predicted molar refractivity (Wildman–Crippen MR) is 134 cm³/mol. The van der Waals surface area contributed by atoms with Crippen molar-refractivity contribution in [3.8, 4) is 10.6 Å². The maximum atomic E-state index is 13.2. The van der Waals surface area contributed by atoms with Crippen LogP contribution < -0.4 is 0 Å². The standard InChI is InChI=1S/C26H28N4O4S/c31-17-22(29-10-4-1-5-11-29)30-13-12-28(16-23(30)32)15-19-24(26(33)34)18-7-2-3-8-20(18)27-25(19)21-9-6-14-35-21/h2-3,6-9,14,17,22H,1,4-5,10-13,15-16H2,(H,33,34). The number of benzene rings is 1. The lowest BCUT2D eigenvalue weighted by Gasteiger charge is -2.42. The molecule has 1 N–H and O–H groups in total. The van der Waals surface area contributed by atoms with E-state index < -0.39 is 12.1 Å². The monoisotopic (exact) mass is 492 g/mol. The molecule has 5 rings (SSSR count). The maximum absolute atomic E-state index is 13.2. The summed E-state index contributed by atoms with van der Waals surface area (Å²) in [5, 5.41) is 12.7. The first-order valence-corrected chi connectivity index (χ1v) is 12.8. The lowest BCUT2D eigenvalue weighted by atomic mass is 9.98. The molecule has 1 atom stereocenters. The number of aromatic carboxylic acids is 1. The number of carboxylic acid groups (broad SMARTS) is 1. The fourth-order valence-corrected chi connectivity index (χ4v) is 5.92. The predicted octanol–water partition coefficient (Wildman–Crippen LogP) is 3.32. The number of hydrogen-bond acceptors (Lipinski definition) is 7. The Hall–Kier alpha value is -3.14. The normalized spacial score (nSPS) is 18.6. The number of aldehydes is 1. The number of para-hydroxylation sites is 1. The van der Waals surface area contributed by atoms with E-state index in [1.807, 2.05) is 40.6 Å². The fraction of sp³-hybridized carbons (Fsp3) is 0.385. The molecule has 9 heteroatoms. The first-order valence-electron chi connectivity index (χ1n) is 12.0. The lowest BCUT2D eigenvalue weighted by molar-refractivity contribution is -0.148. The molecule has 1 aromatic carbocycles. The summed E-state index contributed by atoms with van der Waals surface area (Å²) in [4.78, 5) is 49.0. The molecule has 0 saturated carbocycles. The highest BCUT2D eigenvalue weighted by Crippen LogP contribution is 2.34. The van der Waals surface area contributed by atoms with Crippen LogP contribution in [0.25, 0.3) is 21.5 Å². The van der Waals surface area contributed by atoms with Gasteiger partial charge in [-0.3, -0.25) is 19.4 Å². The molecule has 0 bridgehead atoms. The average Bonchev–Trinajstić information content (AvgIpc) is 3.40. The Morgan fingerprint density at radius 1 is 1.09 bits per heavy atom. The van der Waals surface area contributed by atoms with E-state index in [1.165, 1.54) is 11.3 Å². The molecule has 35 heavy (non-hydrogen) atoms. The van der Waals surface area contributed by atoms with Gasteiger partial charge in [-0.2, -0.15) is 0 Å². The van der Waals surface area contributed by atoms with Crippen LogP contribution in [0, 0.1) is 0 Å². The zero-order valence-corrected chi connectivity index (χ0v) is 20.2. The third kappa shape index (κ3) is 4.71. The van der Waals surface area contributed by atoms with Gasteiger partial charge in [-0.1, -0.05) is 30.7 Å². The molecule has 0 aliphatic carbocycles. The Labute approximate surface area is 207 Å². The number of carbonyl (C=O) groups excluding carboxylic acids is 2. The summed E-state index contributed by atoms with van der Waals surface area (Å²) in [6.07, 6.45) is 3.59. The van der Waals surface area contributed by atoms with Crippen LogP contribution in [0.2, 0.25) is 0 Å². The molecule has 0 radical (unpaired) electrons. The van der Waals surface area contributed by atoms with Crippen LogP contribution in [0.1, 0.15) is 35.2 Å².